The van der Waals surface area contributed by atoms with Gasteiger partial charge in [0.2, 0.25) is 0 Å². The van der Waals surface area contributed by atoms with Gasteiger partial charge in [0, 0.05) is 23.8 Å². The van der Waals surface area contributed by atoms with E-state index in [4.69, 9.17) is 0 Å². The van der Waals surface area contributed by atoms with Crippen molar-refractivity contribution in [1.82, 2.24) is 10.3 Å². The Labute approximate surface area is 106 Å². The molecule has 96 valence electrons. The van der Waals surface area contributed by atoms with Crippen LogP contribution < -0.4 is 5.32 Å². The van der Waals surface area contributed by atoms with Crippen LogP contribution in [-0.4, -0.2) is 28.6 Å². The minimum atomic E-state index is -0.337. The van der Waals surface area contributed by atoms with E-state index in [-0.39, 0.29) is 12.0 Å². The molecule has 18 heavy (non-hydrogen) atoms. The summed E-state index contributed by atoms with van der Waals surface area (Å²) in [6.45, 7) is 2.42. The molecule has 1 aromatic heterocycles. The maximum absolute atomic E-state index is 11.9. The van der Waals surface area contributed by atoms with Crippen LogP contribution in [0.2, 0.25) is 0 Å². The zero-order valence-corrected chi connectivity index (χ0v) is 10.4. The van der Waals surface area contributed by atoms with Gasteiger partial charge in [0.05, 0.1) is 6.10 Å². The van der Waals surface area contributed by atoms with Crippen LogP contribution >= 0.6 is 0 Å². The fourth-order valence-electron chi connectivity index (χ4n) is 1.85. The number of rotatable bonds is 5. The Morgan fingerprint density at radius 2 is 2.28 bits per heavy atom. The second-order valence-electron chi connectivity index (χ2n) is 4.39. The minimum absolute atomic E-state index is 0.102. The van der Waals surface area contributed by atoms with E-state index < -0.39 is 0 Å². The van der Waals surface area contributed by atoms with Gasteiger partial charge in [-0.25, -0.2) is 0 Å². The molecular weight excluding hydrogens is 228 g/mol. The molecule has 4 heteroatoms. The van der Waals surface area contributed by atoms with E-state index in [0.717, 1.165) is 10.9 Å². The topological polar surface area (TPSA) is 65.1 Å². The summed E-state index contributed by atoms with van der Waals surface area (Å²) in [4.78, 5) is 15.0. The van der Waals surface area contributed by atoms with E-state index in [9.17, 15) is 9.90 Å². The van der Waals surface area contributed by atoms with E-state index in [1.165, 1.54) is 0 Å². The van der Waals surface area contributed by atoms with Crippen LogP contribution in [-0.2, 0) is 0 Å². The van der Waals surface area contributed by atoms with Crippen molar-refractivity contribution < 1.29 is 9.90 Å². The van der Waals surface area contributed by atoms with Crippen LogP contribution in [0.3, 0.4) is 0 Å². The van der Waals surface area contributed by atoms with Gasteiger partial charge < -0.3 is 15.4 Å². The highest BCUT2D eigenvalue weighted by Crippen LogP contribution is 2.14. The van der Waals surface area contributed by atoms with E-state index in [1.54, 1.807) is 0 Å². The predicted molar refractivity (Wildman–Crippen MR) is 71.5 cm³/mol. The average molecular weight is 246 g/mol. The monoisotopic (exact) mass is 246 g/mol. The SMILES string of the molecule is CCC(O)CCNC(=O)c1ccc2cc[nH]c2c1. The van der Waals surface area contributed by atoms with Gasteiger partial charge in [0.15, 0.2) is 0 Å². The number of aromatic amines is 1. The van der Waals surface area contributed by atoms with Gasteiger partial charge in [0.25, 0.3) is 5.91 Å². The van der Waals surface area contributed by atoms with E-state index in [2.05, 4.69) is 10.3 Å². The van der Waals surface area contributed by atoms with Crippen molar-refractivity contribution in [2.24, 2.45) is 0 Å². The van der Waals surface area contributed by atoms with Crippen molar-refractivity contribution in [2.45, 2.75) is 25.9 Å². The van der Waals surface area contributed by atoms with Gasteiger partial charge in [0.1, 0.15) is 0 Å². The molecule has 2 rings (SSSR count). The molecule has 0 fully saturated rings. The van der Waals surface area contributed by atoms with Gasteiger partial charge in [-0.1, -0.05) is 13.0 Å². The highest BCUT2D eigenvalue weighted by Gasteiger charge is 2.07. The van der Waals surface area contributed by atoms with Crippen LogP contribution in [0, 0.1) is 0 Å². The fourth-order valence-corrected chi connectivity index (χ4v) is 1.85. The van der Waals surface area contributed by atoms with Crippen molar-refractivity contribution in [3.63, 3.8) is 0 Å². The van der Waals surface area contributed by atoms with Crippen LogP contribution in [0.25, 0.3) is 10.9 Å². The Balaban J connectivity index is 1.95. The van der Waals surface area contributed by atoms with Crippen molar-refractivity contribution in [3.05, 3.63) is 36.0 Å². The largest absolute Gasteiger partial charge is 0.393 e. The molecule has 4 nitrogen and oxygen atoms in total. The summed E-state index contributed by atoms with van der Waals surface area (Å²) in [6, 6.07) is 7.53. The molecule has 0 aliphatic rings. The molecule has 0 saturated carbocycles. The standard InChI is InChI=1S/C14H18N2O2/c1-2-12(17)6-8-16-14(18)11-4-3-10-5-7-15-13(10)9-11/h3-5,7,9,12,15,17H,2,6,8H2,1H3,(H,16,18). The first-order chi connectivity index (χ1) is 8.70. The van der Waals surface area contributed by atoms with Gasteiger partial charge in [-0.05, 0) is 36.4 Å². The molecule has 0 aliphatic carbocycles. The normalized spacial score (nSPS) is 12.6. The predicted octanol–water partition coefficient (Wildman–Crippen LogP) is 2.06. The molecule has 1 amide bonds. The van der Waals surface area contributed by atoms with Gasteiger partial charge in [-0.3, -0.25) is 4.79 Å². The lowest BCUT2D eigenvalue weighted by Crippen LogP contribution is -2.26. The van der Waals surface area contributed by atoms with Crippen LogP contribution in [0.5, 0.6) is 0 Å². The summed E-state index contributed by atoms with van der Waals surface area (Å²) in [6.07, 6.45) is 2.82. The lowest BCUT2D eigenvalue weighted by molar-refractivity contribution is 0.0942. The average Bonchev–Trinajstić information content (AvgIpc) is 2.85. The van der Waals surface area contributed by atoms with Crippen molar-refractivity contribution >= 4 is 16.8 Å². The summed E-state index contributed by atoms with van der Waals surface area (Å²) in [5, 5.41) is 13.3. The lowest BCUT2D eigenvalue weighted by Gasteiger charge is -2.08. The molecular formula is C14H18N2O2. The number of hydrogen-bond donors (Lipinski definition) is 3. The van der Waals surface area contributed by atoms with E-state index in [1.807, 2.05) is 37.4 Å². The Hall–Kier alpha value is -1.81. The summed E-state index contributed by atoms with van der Waals surface area (Å²) in [5.74, 6) is -0.102. The zero-order chi connectivity index (χ0) is 13.0. The molecule has 2 aromatic rings. The van der Waals surface area contributed by atoms with Gasteiger partial charge >= 0.3 is 0 Å². The molecule has 1 aromatic carbocycles. The van der Waals surface area contributed by atoms with Gasteiger partial charge in [-0.15, -0.1) is 0 Å². The number of carbonyl (C=O) groups is 1. The number of amides is 1. The molecule has 0 radical (unpaired) electrons. The van der Waals surface area contributed by atoms with Crippen molar-refractivity contribution in [2.75, 3.05) is 6.54 Å². The number of hydrogen-bond acceptors (Lipinski definition) is 2. The highest BCUT2D eigenvalue weighted by molar-refractivity contribution is 5.97. The van der Waals surface area contributed by atoms with Gasteiger partial charge in [-0.2, -0.15) is 0 Å². The molecule has 1 atom stereocenters. The lowest BCUT2D eigenvalue weighted by atomic mass is 10.1. The third-order valence-electron chi connectivity index (χ3n) is 3.05. The molecule has 1 unspecified atom stereocenters. The first-order valence-electron chi connectivity index (χ1n) is 6.24. The summed E-state index contributed by atoms with van der Waals surface area (Å²) in [7, 11) is 0. The number of aromatic nitrogens is 1. The second-order valence-corrected chi connectivity index (χ2v) is 4.39. The molecule has 3 N–H and O–H groups in total. The number of nitrogens with one attached hydrogen (secondary N) is 2. The summed E-state index contributed by atoms with van der Waals surface area (Å²) in [5.41, 5.74) is 1.59. The third kappa shape index (κ3) is 2.90. The van der Waals surface area contributed by atoms with Crippen molar-refractivity contribution in [1.29, 1.82) is 0 Å². The maximum atomic E-state index is 11.9. The number of aliphatic hydroxyl groups excluding tert-OH is 1. The first-order valence-corrected chi connectivity index (χ1v) is 6.24. The third-order valence-corrected chi connectivity index (χ3v) is 3.05. The zero-order valence-electron chi connectivity index (χ0n) is 10.4. The number of carbonyl (C=O) groups excluding carboxylic acids is 1. The Bertz CT molecular complexity index is 533. The summed E-state index contributed by atoms with van der Waals surface area (Å²) < 4.78 is 0. The number of fused-ring (bicyclic) bond motifs is 1. The highest BCUT2D eigenvalue weighted by atomic mass is 16.3. The Morgan fingerprint density at radius 1 is 1.44 bits per heavy atom. The number of H-pyrrole nitrogens is 1. The van der Waals surface area contributed by atoms with Crippen LogP contribution in [0.1, 0.15) is 30.1 Å². The fraction of sp³-hybridized carbons (Fsp3) is 0.357. The first kappa shape index (κ1) is 12.6. The summed E-state index contributed by atoms with van der Waals surface area (Å²) >= 11 is 0. The number of benzene rings is 1. The Morgan fingerprint density at radius 3 is 3.06 bits per heavy atom. The van der Waals surface area contributed by atoms with E-state index in [0.29, 0.717) is 24.9 Å². The van der Waals surface area contributed by atoms with Crippen LogP contribution in [0.4, 0.5) is 0 Å². The molecule has 1 heterocycles. The maximum Gasteiger partial charge on any atom is 0.251 e. The second kappa shape index (κ2) is 5.69. The molecule has 0 aliphatic heterocycles. The van der Waals surface area contributed by atoms with Crippen molar-refractivity contribution in [3.8, 4) is 0 Å². The Kier molecular flexibility index (Phi) is 3.99. The quantitative estimate of drug-likeness (QED) is 0.756. The smallest absolute Gasteiger partial charge is 0.251 e. The molecule has 0 bridgehead atoms. The van der Waals surface area contributed by atoms with Crippen LogP contribution in [0.15, 0.2) is 30.5 Å². The molecule has 0 spiro atoms. The minimum Gasteiger partial charge on any atom is -0.393 e. The number of aliphatic hydroxyl groups is 1. The van der Waals surface area contributed by atoms with E-state index >= 15 is 0 Å². The molecule has 0 saturated heterocycles.